The second kappa shape index (κ2) is 7.07. The first-order valence-electron chi connectivity index (χ1n) is 6.81. The van der Waals surface area contributed by atoms with Crippen LogP contribution in [0, 0.1) is 24.2 Å². The molecule has 2 rings (SSSR count). The number of nitriles is 1. The van der Waals surface area contributed by atoms with Crippen molar-refractivity contribution in [1.29, 1.82) is 5.26 Å². The van der Waals surface area contributed by atoms with Gasteiger partial charge in [-0.3, -0.25) is 0 Å². The van der Waals surface area contributed by atoms with E-state index in [9.17, 15) is 10.4 Å². The molecule has 1 atom stereocenters. The van der Waals surface area contributed by atoms with Crippen molar-refractivity contribution in [2.45, 2.75) is 25.9 Å². The lowest BCUT2D eigenvalue weighted by atomic mass is 9.94. The third kappa shape index (κ3) is 3.72. The van der Waals surface area contributed by atoms with Crippen LogP contribution in [-0.2, 0) is 4.74 Å². The summed E-state index contributed by atoms with van der Waals surface area (Å²) in [6.07, 6.45) is 1.37. The molecular formula is C15H19BrN2O2. The lowest BCUT2D eigenvalue weighted by molar-refractivity contribution is 0.0131. The van der Waals surface area contributed by atoms with Gasteiger partial charge < -0.3 is 15.2 Å². The summed E-state index contributed by atoms with van der Waals surface area (Å²) < 4.78 is 6.15. The maximum Gasteiger partial charge on any atom is 0.101 e. The van der Waals surface area contributed by atoms with E-state index in [1.54, 1.807) is 0 Å². The minimum absolute atomic E-state index is 0.269. The Morgan fingerprint density at radius 3 is 2.85 bits per heavy atom. The first kappa shape index (κ1) is 15.3. The summed E-state index contributed by atoms with van der Waals surface area (Å²) in [6, 6.07) is 5.99. The van der Waals surface area contributed by atoms with Gasteiger partial charge in [-0.1, -0.05) is 0 Å². The number of nitrogens with one attached hydrogen (secondary N) is 1. The predicted octanol–water partition coefficient (Wildman–Crippen LogP) is 2.83. The van der Waals surface area contributed by atoms with Crippen LogP contribution in [0.15, 0.2) is 16.6 Å². The molecule has 0 aromatic heterocycles. The summed E-state index contributed by atoms with van der Waals surface area (Å²) in [5.74, 6) is 0.269. The second-order valence-corrected chi connectivity index (χ2v) is 6.03. The van der Waals surface area contributed by atoms with Gasteiger partial charge in [-0.25, -0.2) is 0 Å². The molecule has 1 saturated heterocycles. The van der Waals surface area contributed by atoms with Crippen LogP contribution in [0.5, 0.6) is 0 Å². The van der Waals surface area contributed by atoms with Crippen LogP contribution in [0.25, 0.3) is 0 Å². The van der Waals surface area contributed by atoms with Gasteiger partial charge in [-0.2, -0.15) is 5.26 Å². The molecule has 4 nitrogen and oxygen atoms in total. The molecule has 20 heavy (non-hydrogen) atoms. The molecular weight excluding hydrogens is 320 g/mol. The number of aliphatic hydroxyl groups excluding tert-OH is 1. The molecule has 1 aliphatic heterocycles. The Morgan fingerprint density at radius 1 is 1.50 bits per heavy atom. The van der Waals surface area contributed by atoms with E-state index in [4.69, 9.17) is 4.74 Å². The van der Waals surface area contributed by atoms with Crippen LogP contribution in [0.3, 0.4) is 0 Å². The van der Waals surface area contributed by atoms with Gasteiger partial charge >= 0.3 is 0 Å². The van der Waals surface area contributed by atoms with Gasteiger partial charge in [0.1, 0.15) is 6.07 Å². The number of benzene rings is 1. The highest BCUT2D eigenvalue weighted by Crippen LogP contribution is 2.28. The number of anilines is 1. The fourth-order valence-electron chi connectivity index (χ4n) is 2.48. The van der Waals surface area contributed by atoms with Crippen molar-refractivity contribution < 1.29 is 9.84 Å². The van der Waals surface area contributed by atoms with E-state index in [0.29, 0.717) is 12.1 Å². The molecule has 1 aliphatic rings. The van der Waals surface area contributed by atoms with Crippen molar-refractivity contribution in [3.05, 3.63) is 27.7 Å². The summed E-state index contributed by atoms with van der Waals surface area (Å²) in [4.78, 5) is 0. The molecule has 0 aliphatic carbocycles. The molecule has 1 heterocycles. The van der Waals surface area contributed by atoms with Gasteiger partial charge in [0.2, 0.25) is 0 Å². The van der Waals surface area contributed by atoms with Crippen molar-refractivity contribution in [1.82, 2.24) is 0 Å². The van der Waals surface area contributed by atoms with Gasteiger partial charge in [0.25, 0.3) is 0 Å². The standard InChI is InChI=1S/C15H19BrN2O2/c1-10-6-12(8-17)15(13(16)7-10)18-9-14(19)11-2-4-20-5-3-11/h6-7,11,14,18-19H,2-5,9H2,1H3. The first-order valence-corrected chi connectivity index (χ1v) is 7.61. The van der Waals surface area contributed by atoms with Crippen LogP contribution in [0.4, 0.5) is 5.69 Å². The maximum atomic E-state index is 10.2. The van der Waals surface area contributed by atoms with Crippen molar-refractivity contribution in [2.24, 2.45) is 5.92 Å². The van der Waals surface area contributed by atoms with Crippen molar-refractivity contribution >= 4 is 21.6 Å². The Kier molecular flexibility index (Phi) is 5.41. The van der Waals surface area contributed by atoms with E-state index < -0.39 is 6.10 Å². The number of ether oxygens (including phenoxy) is 1. The average molecular weight is 339 g/mol. The Labute approximate surface area is 127 Å². The second-order valence-electron chi connectivity index (χ2n) is 5.18. The summed E-state index contributed by atoms with van der Waals surface area (Å²) in [7, 11) is 0. The molecule has 2 N–H and O–H groups in total. The number of rotatable bonds is 4. The maximum absolute atomic E-state index is 10.2. The molecule has 0 amide bonds. The van der Waals surface area contributed by atoms with Crippen molar-refractivity contribution in [2.75, 3.05) is 25.1 Å². The van der Waals surface area contributed by atoms with Gasteiger partial charge in [-0.05, 0) is 59.3 Å². The largest absolute Gasteiger partial charge is 0.391 e. The van der Waals surface area contributed by atoms with Gasteiger partial charge in [0.15, 0.2) is 0 Å². The van der Waals surface area contributed by atoms with Crippen LogP contribution < -0.4 is 5.32 Å². The van der Waals surface area contributed by atoms with E-state index in [1.807, 2.05) is 19.1 Å². The number of aryl methyl sites for hydroxylation is 1. The Balaban J connectivity index is 2.01. The molecule has 1 unspecified atom stereocenters. The molecule has 0 spiro atoms. The topological polar surface area (TPSA) is 65.3 Å². The molecule has 1 aromatic carbocycles. The lowest BCUT2D eigenvalue weighted by Crippen LogP contribution is -2.32. The number of nitrogens with zero attached hydrogens (tertiary/aromatic N) is 1. The normalized spacial score (nSPS) is 17.5. The minimum Gasteiger partial charge on any atom is -0.391 e. The Morgan fingerprint density at radius 2 is 2.20 bits per heavy atom. The van der Waals surface area contributed by atoms with E-state index in [0.717, 1.165) is 41.8 Å². The van der Waals surface area contributed by atoms with Gasteiger partial charge in [0, 0.05) is 24.2 Å². The quantitative estimate of drug-likeness (QED) is 0.885. The number of hydrogen-bond acceptors (Lipinski definition) is 4. The van der Waals surface area contributed by atoms with E-state index >= 15 is 0 Å². The highest BCUT2D eigenvalue weighted by Gasteiger charge is 2.22. The Bertz CT molecular complexity index is 507. The van der Waals surface area contributed by atoms with Gasteiger partial charge in [-0.15, -0.1) is 0 Å². The fourth-order valence-corrected chi connectivity index (χ4v) is 3.20. The monoisotopic (exact) mass is 338 g/mol. The summed E-state index contributed by atoms with van der Waals surface area (Å²) in [5.41, 5.74) is 2.38. The predicted molar refractivity (Wildman–Crippen MR) is 81.6 cm³/mol. The number of halogens is 1. The molecule has 1 aromatic rings. The van der Waals surface area contributed by atoms with Crippen LogP contribution in [0.1, 0.15) is 24.0 Å². The highest BCUT2D eigenvalue weighted by molar-refractivity contribution is 9.10. The van der Waals surface area contributed by atoms with Crippen molar-refractivity contribution in [3.8, 4) is 6.07 Å². The van der Waals surface area contributed by atoms with Crippen LogP contribution in [0.2, 0.25) is 0 Å². The van der Waals surface area contributed by atoms with E-state index in [2.05, 4.69) is 27.3 Å². The van der Waals surface area contributed by atoms with E-state index in [-0.39, 0.29) is 5.92 Å². The third-order valence-electron chi connectivity index (χ3n) is 3.65. The highest BCUT2D eigenvalue weighted by atomic mass is 79.9. The van der Waals surface area contributed by atoms with Gasteiger partial charge in [0.05, 0.1) is 17.4 Å². The van der Waals surface area contributed by atoms with Crippen LogP contribution in [-0.4, -0.2) is 31.0 Å². The zero-order valence-corrected chi connectivity index (χ0v) is 13.1. The van der Waals surface area contributed by atoms with Crippen molar-refractivity contribution in [3.63, 3.8) is 0 Å². The molecule has 0 saturated carbocycles. The summed E-state index contributed by atoms with van der Waals surface area (Å²) >= 11 is 3.47. The SMILES string of the molecule is Cc1cc(Br)c(NCC(O)C2CCOCC2)c(C#N)c1. The molecule has 5 heteroatoms. The average Bonchev–Trinajstić information content (AvgIpc) is 2.46. The molecule has 1 fully saturated rings. The number of aliphatic hydroxyl groups is 1. The molecule has 108 valence electrons. The minimum atomic E-state index is -0.418. The fraction of sp³-hybridized carbons (Fsp3) is 0.533. The molecule has 0 bridgehead atoms. The van der Waals surface area contributed by atoms with Crippen LogP contribution >= 0.6 is 15.9 Å². The molecule has 0 radical (unpaired) electrons. The Hall–Kier alpha value is -1.09. The zero-order chi connectivity index (χ0) is 14.5. The first-order chi connectivity index (χ1) is 9.61. The number of hydrogen-bond donors (Lipinski definition) is 2. The summed E-state index contributed by atoms with van der Waals surface area (Å²) in [5, 5.41) is 22.6. The smallest absolute Gasteiger partial charge is 0.101 e. The zero-order valence-electron chi connectivity index (χ0n) is 11.5. The van der Waals surface area contributed by atoms with E-state index in [1.165, 1.54) is 0 Å². The lowest BCUT2D eigenvalue weighted by Gasteiger charge is -2.27. The third-order valence-corrected chi connectivity index (χ3v) is 4.28. The summed E-state index contributed by atoms with van der Waals surface area (Å²) in [6.45, 7) is 3.84.